The lowest BCUT2D eigenvalue weighted by atomic mass is 9.85. The molecule has 2 heterocycles. The lowest BCUT2D eigenvalue weighted by Gasteiger charge is -2.43. The highest BCUT2D eigenvalue weighted by molar-refractivity contribution is 6.02. The van der Waals surface area contributed by atoms with E-state index in [1.807, 2.05) is 97.1 Å². The van der Waals surface area contributed by atoms with Gasteiger partial charge in [-0.05, 0) is 54.5 Å². The Bertz CT molecular complexity index is 1650. The van der Waals surface area contributed by atoms with E-state index >= 15 is 0 Å². The van der Waals surface area contributed by atoms with E-state index in [2.05, 4.69) is 15.5 Å². The van der Waals surface area contributed by atoms with Gasteiger partial charge in [-0.3, -0.25) is 9.59 Å². The largest absolute Gasteiger partial charge is 0.496 e. The van der Waals surface area contributed by atoms with Crippen molar-refractivity contribution in [2.45, 2.75) is 24.8 Å². The summed E-state index contributed by atoms with van der Waals surface area (Å²) >= 11 is 0. The number of nitrogens with zero attached hydrogens (tertiary/aromatic N) is 3. The number of benzene rings is 4. The van der Waals surface area contributed by atoms with Gasteiger partial charge in [-0.1, -0.05) is 72.8 Å². The van der Waals surface area contributed by atoms with E-state index in [0.29, 0.717) is 45.6 Å². The van der Waals surface area contributed by atoms with Crippen LogP contribution in [-0.2, 0) is 16.0 Å². The lowest BCUT2D eigenvalue weighted by molar-refractivity contribution is -0.137. The van der Waals surface area contributed by atoms with E-state index in [4.69, 9.17) is 4.74 Å². The lowest BCUT2D eigenvalue weighted by Crippen LogP contribution is -2.58. The summed E-state index contributed by atoms with van der Waals surface area (Å²) in [6, 6.07) is 31.2. The zero-order chi connectivity index (χ0) is 30.5. The van der Waals surface area contributed by atoms with Crippen LogP contribution >= 0.6 is 0 Å². The van der Waals surface area contributed by atoms with E-state index < -0.39 is 5.54 Å². The minimum Gasteiger partial charge on any atom is -0.496 e. The number of hydrogen-bond donors (Lipinski definition) is 2. The summed E-state index contributed by atoms with van der Waals surface area (Å²) in [5, 5.41) is 8.08. The van der Waals surface area contributed by atoms with Crippen molar-refractivity contribution in [3.63, 3.8) is 0 Å². The molecule has 4 aromatic carbocycles. The van der Waals surface area contributed by atoms with Crippen LogP contribution in [0.15, 0.2) is 97.1 Å². The number of likely N-dealkylation sites (tertiary alicyclic amines) is 1. The van der Waals surface area contributed by atoms with E-state index in [0.717, 1.165) is 33.5 Å². The summed E-state index contributed by atoms with van der Waals surface area (Å²) in [5.74, 6) is 0.509. The molecule has 2 fully saturated rings. The maximum absolute atomic E-state index is 14.1. The van der Waals surface area contributed by atoms with Crippen LogP contribution in [-0.4, -0.2) is 73.1 Å². The van der Waals surface area contributed by atoms with Crippen LogP contribution in [0.4, 0.5) is 16.2 Å². The summed E-state index contributed by atoms with van der Waals surface area (Å²) in [7, 11) is 1.63. The van der Waals surface area contributed by atoms with E-state index in [9.17, 15) is 14.4 Å². The molecule has 9 heteroatoms. The Morgan fingerprint density at radius 1 is 0.864 bits per heavy atom. The Hall–Kier alpha value is -5.05. The molecule has 2 N–H and O–H groups in total. The number of rotatable bonds is 8. The molecular weight excluding hydrogens is 554 g/mol. The number of urea groups is 1. The minimum absolute atomic E-state index is 0.0267. The molecule has 0 bridgehead atoms. The van der Waals surface area contributed by atoms with Crippen LogP contribution < -0.4 is 20.3 Å². The fourth-order valence-electron chi connectivity index (χ4n) is 6.41. The van der Waals surface area contributed by atoms with Gasteiger partial charge in [0.15, 0.2) is 0 Å². The van der Waals surface area contributed by atoms with Crippen molar-refractivity contribution in [2.75, 3.05) is 50.2 Å². The minimum atomic E-state index is -0.824. The van der Waals surface area contributed by atoms with Crippen molar-refractivity contribution in [3.05, 3.63) is 103 Å². The van der Waals surface area contributed by atoms with Gasteiger partial charge in [-0.2, -0.15) is 0 Å². The number of piperidine rings is 1. The zero-order valence-electron chi connectivity index (χ0n) is 24.9. The molecule has 9 nitrogen and oxygen atoms in total. The quantitative estimate of drug-likeness (QED) is 0.305. The fraction of sp³-hybridized carbons (Fsp3) is 0.286. The Balaban J connectivity index is 1.12. The SMILES string of the molecule is COc1ccccc1CCNC(=O)CN1CN(c2ccccc2)C2(CCN(C(=O)Nc3cccc4ccccc34)CC2)C1=O. The molecule has 2 aliphatic rings. The first-order chi connectivity index (χ1) is 21.5. The number of carbonyl (C=O) groups excluding carboxylic acids is 3. The molecule has 2 saturated heterocycles. The van der Waals surface area contributed by atoms with Crippen LogP contribution in [0.2, 0.25) is 0 Å². The second-order valence-electron chi connectivity index (χ2n) is 11.3. The van der Waals surface area contributed by atoms with Crippen molar-refractivity contribution in [1.82, 2.24) is 15.1 Å². The summed E-state index contributed by atoms with van der Waals surface area (Å²) < 4.78 is 5.41. The third kappa shape index (κ3) is 5.77. The average molecular weight is 592 g/mol. The summed E-state index contributed by atoms with van der Waals surface area (Å²) in [5.41, 5.74) is 1.88. The Morgan fingerprint density at radius 2 is 1.57 bits per heavy atom. The van der Waals surface area contributed by atoms with Crippen LogP contribution in [0.1, 0.15) is 18.4 Å². The smallest absolute Gasteiger partial charge is 0.321 e. The molecule has 1 spiro atoms. The monoisotopic (exact) mass is 591 g/mol. The Morgan fingerprint density at radius 3 is 2.36 bits per heavy atom. The number of hydrogen-bond acceptors (Lipinski definition) is 5. The number of fused-ring (bicyclic) bond motifs is 1. The maximum atomic E-state index is 14.1. The van der Waals surface area contributed by atoms with Gasteiger partial charge in [0.05, 0.1) is 19.5 Å². The van der Waals surface area contributed by atoms with E-state index in [-0.39, 0.29) is 24.4 Å². The van der Waals surface area contributed by atoms with Crippen LogP contribution in [0.25, 0.3) is 10.8 Å². The molecule has 2 aliphatic heterocycles. The molecule has 4 aromatic rings. The number of para-hydroxylation sites is 2. The first kappa shape index (κ1) is 29.0. The maximum Gasteiger partial charge on any atom is 0.321 e. The average Bonchev–Trinajstić information content (AvgIpc) is 3.32. The Labute approximate surface area is 257 Å². The first-order valence-corrected chi connectivity index (χ1v) is 15.0. The molecule has 0 aromatic heterocycles. The predicted molar refractivity (Wildman–Crippen MR) is 172 cm³/mol. The molecule has 6 rings (SSSR count). The molecule has 226 valence electrons. The molecular formula is C35H37N5O4. The van der Waals surface area contributed by atoms with Gasteiger partial charge in [0.2, 0.25) is 5.91 Å². The summed E-state index contributed by atoms with van der Waals surface area (Å²) in [6.07, 6.45) is 1.56. The fourth-order valence-corrected chi connectivity index (χ4v) is 6.41. The number of methoxy groups -OCH3 is 1. The van der Waals surface area contributed by atoms with Crippen molar-refractivity contribution in [3.8, 4) is 5.75 Å². The third-order valence-corrected chi connectivity index (χ3v) is 8.73. The standard InChI is InChI=1S/C35H37N5O4/c1-44-31-17-8-6-11-27(31)18-21-36-32(41)24-39-25-40(28-13-3-2-4-14-28)35(33(39)42)19-22-38(23-20-35)34(43)37-30-16-9-12-26-10-5-7-15-29(26)30/h2-17H,18-25H2,1H3,(H,36,41)(H,37,43). The molecule has 0 atom stereocenters. The highest BCUT2D eigenvalue weighted by Crippen LogP contribution is 2.39. The number of carbonyl (C=O) groups is 3. The topological polar surface area (TPSA) is 94.2 Å². The van der Waals surface area contributed by atoms with Gasteiger partial charge in [0.25, 0.3) is 5.91 Å². The van der Waals surface area contributed by atoms with Crippen molar-refractivity contribution in [2.24, 2.45) is 0 Å². The normalized spacial score (nSPS) is 15.9. The summed E-state index contributed by atoms with van der Waals surface area (Å²) in [4.78, 5) is 45.9. The number of amides is 4. The number of anilines is 2. The third-order valence-electron chi connectivity index (χ3n) is 8.73. The van der Waals surface area contributed by atoms with Crippen molar-refractivity contribution in [1.29, 1.82) is 0 Å². The molecule has 0 saturated carbocycles. The van der Waals surface area contributed by atoms with E-state index in [1.165, 1.54) is 0 Å². The molecule has 0 unspecified atom stereocenters. The summed E-state index contributed by atoms with van der Waals surface area (Å²) in [6.45, 7) is 1.57. The molecule has 0 aliphatic carbocycles. The van der Waals surface area contributed by atoms with Gasteiger partial charge in [-0.25, -0.2) is 4.79 Å². The van der Waals surface area contributed by atoms with Gasteiger partial charge in [0, 0.05) is 30.7 Å². The van der Waals surface area contributed by atoms with Gasteiger partial charge < -0.3 is 30.1 Å². The highest BCUT2D eigenvalue weighted by Gasteiger charge is 2.54. The molecule has 4 amide bonds. The van der Waals surface area contributed by atoms with Gasteiger partial charge in [-0.15, -0.1) is 0 Å². The highest BCUT2D eigenvalue weighted by atomic mass is 16.5. The Kier molecular flexibility index (Phi) is 8.36. The first-order valence-electron chi connectivity index (χ1n) is 15.0. The van der Waals surface area contributed by atoms with E-state index in [1.54, 1.807) is 16.9 Å². The van der Waals surface area contributed by atoms with Crippen molar-refractivity contribution >= 4 is 40.0 Å². The molecule has 0 radical (unpaired) electrons. The predicted octanol–water partition coefficient (Wildman–Crippen LogP) is 4.88. The second-order valence-corrected chi connectivity index (χ2v) is 11.3. The molecule has 44 heavy (non-hydrogen) atoms. The van der Waals surface area contributed by atoms with Gasteiger partial charge in [0.1, 0.15) is 17.8 Å². The number of ether oxygens (including phenoxy) is 1. The van der Waals surface area contributed by atoms with Gasteiger partial charge >= 0.3 is 6.03 Å². The second kappa shape index (κ2) is 12.7. The van der Waals surface area contributed by atoms with Crippen molar-refractivity contribution < 1.29 is 19.1 Å². The zero-order valence-corrected chi connectivity index (χ0v) is 24.9. The van der Waals surface area contributed by atoms with Crippen LogP contribution in [0.3, 0.4) is 0 Å². The van der Waals surface area contributed by atoms with Crippen LogP contribution in [0.5, 0.6) is 5.75 Å². The number of nitrogens with one attached hydrogen (secondary N) is 2. The van der Waals surface area contributed by atoms with Crippen LogP contribution in [0, 0.1) is 0 Å².